The van der Waals surface area contributed by atoms with Gasteiger partial charge in [-0.2, -0.15) is 0 Å². The summed E-state index contributed by atoms with van der Waals surface area (Å²) in [7, 11) is 1.78. The number of benzene rings is 2. The molecule has 1 aliphatic carbocycles. The number of hydrogen-bond donors (Lipinski definition) is 1. The van der Waals surface area contributed by atoms with E-state index >= 15 is 0 Å². The van der Waals surface area contributed by atoms with Gasteiger partial charge in [0.2, 0.25) is 5.91 Å². The molecule has 0 saturated carbocycles. The maximum atomic E-state index is 11.8. The van der Waals surface area contributed by atoms with E-state index in [-0.39, 0.29) is 12.0 Å². The van der Waals surface area contributed by atoms with Crippen LogP contribution in [0, 0.1) is 0 Å². The van der Waals surface area contributed by atoms with Gasteiger partial charge in [-0.1, -0.05) is 43.3 Å². The van der Waals surface area contributed by atoms with Gasteiger partial charge in [0.25, 0.3) is 0 Å². The summed E-state index contributed by atoms with van der Waals surface area (Å²) in [6.45, 7) is 2.75. The highest BCUT2D eigenvalue weighted by Gasteiger charge is 2.28. The molecule has 2 aromatic rings. The first-order valence-corrected chi connectivity index (χ1v) is 8.55. The van der Waals surface area contributed by atoms with Crippen LogP contribution >= 0.6 is 0 Å². The number of ether oxygens (including phenoxy) is 1. The lowest BCUT2D eigenvalue weighted by Gasteiger charge is -2.32. The molecule has 1 amide bonds. The first-order chi connectivity index (χ1) is 11.2. The number of rotatable bonds is 5. The van der Waals surface area contributed by atoms with Crippen molar-refractivity contribution in [3.63, 3.8) is 0 Å². The Bertz CT molecular complexity index is 695. The number of nitrogens with one attached hydrogen (secondary N) is 1. The van der Waals surface area contributed by atoms with E-state index in [1.54, 1.807) is 7.11 Å². The molecule has 0 fully saturated rings. The number of hydrogen-bond acceptors (Lipinski definition) is 2. The summed E-state index contributed by atoms with van der Waals surface area (Å²) in [5.41, 5.74) is 2.64. The Morgan fingerprint density at radius 1 is 1.22 bits per heavy atom. The molecular weight excluding hydrogens is 286 g/mol. The van der Waals surface area contributed by atoms with Gasteiger partial charge in [-0.25, -0.2) is 0 Å². The van der Waals surface area contributed by atoms with Crippen LogP contribution < -0.4 is 5.32 Å². The van der Waals surface area contributed by atoms with E-state index < -0.39 is 0 Å². The van der Waals surface area contributed by atoms with Gasteiger partial charge < -0.3 is 10.1 Å². The zero-order valence-electron chi connectivity index (χ0n) is 14.0. The quantitative estimate of drug-likeness (QED) is 0.893. The molecule has 0 bridgehead atoms. The summed E-state index contributed by atoms with van der Waals surface area (Å²) >= 11 is 0. The highest BCUT2D eigenvalue weighted by atomic mass is 16.5. The first-order valence-electron chi connectivity index (χ1n) is 8.55. The maximum Gasteiger partial charge on any atom is 0.220 e. The molecule has 23 heavy (non-hydrogen) atoms. The number of fused-ring (bicyclic) bond motifs is 3. The lowest BCUT2D eigenvalue weighted by atomic mass is 9.78. The standard InChI is InChI=1S/C20H25NO2/c1-3-6-19(22)21-13-15-10-12-18(23-2)17-11-9-14-7-4-5-8-16(14)20(15)17/h4-5,7-9,11,15,18H,3,6,10,12-13H2,1-2H3,(H,21,22). The molecule has 2 atom stereocenters. The zero-order valence-corrected chi connectivity index (χ0v) is 14.0. The molecule has 0 saturated heterocycles. The molecule has 1 N–H and O–H groups in total. The maximum absolute atomic E-state index is 11.8. The normalized spacial score (nSPS) is 20.3. The third-order valence-corrected chi connectivity index (χ3v) is 4.84. The van der Waals surface area contributed by atoms with Crippen molar-refractivity contribution in [2.24, 2.45) is 0 Å². The van der Waals surface area contributed by atoms with Crippen molar-refractivity contribution in [1.29, 1.82) is 0 Å². The number of methoxy groups -OCH3 is 1. The molecule has 3 rings (SSSR count). The fourth-order valence-electron chi connectivity index (χ4n) is 3.70. The Hall–Kier alpha value is -1.87. The largest absolute Gasteiger partial charge is 0.377 e. The molecule has 3 nitrogen and oxygen atoms in total. The van der Waals surface area contributed by atoms with Crippen LogP contribution in [0.2, 0.25) is 0 Å². The molecule has 122 valence electrons. The monoisotopic (exact) mass is 311 g/mol. The summed E-state index contributed by atoms with van der Waals surface area (Å²) in [6, 6.07) is 12.9. The molecule has 0 aromatic heterocycles. The topological polar surface area (TPSA) is 38.3 Å². The predicted molar refractivity (Wildman–Crippen MR) is 93.6 cm³/mol. The van der Waals surface area contributed by atoms with E-state index in [2.05, 4.69) is 41.7 Å². The van der Waals surface area contributed by atoms with E-state index in [1.165, 1.54) is 21.9 Å². The van der Waals surface area contributed by atoms with Crippen molar-refractivity contribution in [1.82, 2.24) is 5.32 Å². The van der Waals surface area contributed by atoms with E-state index in [4.69, 9.17) is 4.74 Å². The van der Waals surface area contributed by atoms with Gasteiger partial charge in [0, 0.05) is 26.0 Å². The zero-order chi connectivity index (χ0) is 16.2. The van der Waals surface area contributed by atoms with E-state index in [0.717, 1.165) is 25.8 Å². The van der Waals surface area contributed by atoms with Crippen molar-refractivity contribution < 1.29 is 9.53 Å². The lowest BCUT2D eigenvalue weighted by Crippen LogP contribution is -2.30. The smallest absolute Gasteiger partial charge is 0.220 e. The highest BCUT2D eigenvalue weighted by molar-refractivity contribution is 5.88. The van der Waals surface area contributed by atoms with Crippen LogP contribution in [0.4, 0.5) is 0 Å². The summed E-state index contributed by atoms with van der Waals surface area (Å²) < 4.78 is 5.69. The molecule has 2 unspecified atom stereocenters. The van der Waals surface area contributed by atoms with Crippen molar-refractivity contribution in [3.8, 4) is 0 Å². The summed E-state index contributed by atoms with van der Waals surface area (Å²) in [5, 5.41) is 5.66. The van der Waals surface area contributed by atoms with Crippen LogP contribution in [-0.2, 0) is 9.53 Å². The Labute approximate surface area is 138 Å². The fourth-order valence-corrected chi connectivity index (χ4v) is 3.70. The van der Waals surface area contributed by atoms with Crippen LogP contribution in [-0.4, -0.2) is 19.6 Å². The van der Waals surface area contributed by atoms with Gasteiger partial charge in [0.05, 0.1) is 6.10 Å². The summed E-state index contributed by atoms with van der Waals surface area (Å²) in [4.78, 5) is 11.8. The average Bonchev–Trinajstić information content (AvgIpc) is 2.59. The highest BCUT2D eigenvalue weighted by Crippen LogP contribution is 2.42. The number of amides is 1. The molecule has 1 aliphatic rings. The SMILES string of the molecule is CCCC(=O)NCC1CCC(OC)c2ccc3ccccc3c21. The van der Waals surface area contributed by atoms with Crippen LogP contribution in [0.3, 0.4) is 0 Å². The van der Waals surface area contributed by atoms with Gasteiger partial charge in [0.1, 0.15) is 0 Å². The average molecular weight is 311 g/mol. The van der Waals surface area contributed by atoms with Crippen LogP contribution in [0.25, 0.3) is 10.8 Å². The second-order valence-electron chi connectivity index (χ2n) is 6.34. The Morgan fingerprint density at radius 3 is 2.83 bits per heavy atom. The van der Waals surface area contributed by atoms with Gasteiger partial charge in [0.15, 0.2) is 0 Å². The van der Waals surface area contributed by atoms with Crippen LogP contribution in [0.5, 0.6) is 0 Å². The van der Waals surface area contributed by atoms with E-state index in [9.17, 15) is 4.79 Å². The Morgan fingerprint density at radius 2 is 2.04 bits per heavy atom. The fraction of sp³-hybridized carbons (Fsp3) is 0.450. The first kappa shape index (κ1) is 16.0. The van der Waals surface area contributed by atoms with Gasteiger partial charge >= 0.3 is 0 Å². The molecular formula is C20H25NO2. The molecule has 0 radical (unpaired) electrons. The summed E-state index contributed by atoms with van der Waals surface area (Å²) in [5.74, 6) is 0.520. The minimum absolute atomic E-state index is 0.156. The summed E-state index contributed by atoms with van der Waals surface area (Å²) in [6.07, 6.45) is 3.72. The van der Waals surface area contributed by atoms with Gasteiger partial charge in [-0.05, 0) is 41.2 Å². The van der Waals surface area contributed by atoms with Crippen molar-refractivity contribution in [3.05, 3.63) is 47.5 Å². The number of carbonyl (C=O) groups excluding carboxylic acids is 1. The minimum atomic E-state index is 0.156. The predicted octanol–water partition coefficient (Wildman–Crippen LogP) is 4.32. The minimum Gasteiger partial charge on any atom is -0.377 e. The third kappa shape index (κ3) is 3.25. The van der Waals surface area contributed by atoms with Crippen molar-refractivity contribution in [2.45, 2.75) is 44.6 Å². The molecule has 0 spiro atoms. The molecule has 0 aliphatic heterocycles. The van der Waals surface area contributed by atoms with Gasteiger partial charge in [-0.3, -0.25) is 4.79 Å². The van der Waals surface area contributed by atoms with E-state index in [0.29, 0.717) is 12.3 Å². The van der Waals surface area contributed by atoms with Crippen molar-refractivity contribution in [2.75, 3.05) is 13.7 Å². The Kier molecular flexibility index (Phi) is 4.97. The lowest BCUT2D eigenvalue weighted by molar-refractivity contribution is -0.121. The van der Waals surface area contributed by atoms with Gasteiger partial charge in [-0.15, -0.1) is 0 Å². The second kappa shape index (κ2) is 7.14. The van der Waals surface area contributed by atoms with Crippen LogP contribution in [0.1, 0.15) is 55.8 Å². The Balaban J connectivity index is 1.95. The van der Waals surface area contributed by atoms with Crippen molar-refractivity contribution >= 4 is 16.7 Å². The molecule has 0 heterocycles. The molecule has 3 heteroatoms. The molecule has 2 aromatic carbocycles. The van der Waals surface area contributed by atoms with E-state index in [1.807, 2.05) is 6.92 Å². The third-order valence-electron chi connectivity index (χ3n) is 4.84. The number of carbonyl (C=O) groups is 1. The van der Waals surface area contributed by atoms with Crippen LogP contribution in [0.15, 0.2) is 36.4 Å². The second-order valence-corrected chi connectivity index (χ2v) is 6.34.